The maximum absolute atomic E-state index is 12.7. The number of aromatic nitrogens is 1. The van der Waals surface area contributed by atoms with Gasteiger partial charge in [-0.15, -0.1) is 22.7 Å². The molecule has 0 bridgehead atoms. The number of rotatable bonds is 4. The molecule has 128 valence electrons. The second-order valence-corrected chi connectivity index (χ2v) is 9.04. The summed E-state index contributed by atoms with van der Waals surface area (Å²) in [6, 6.07) is 2.69. The normalized spacial score (nSPS) is 22.3. The third-order valence-electron chi connectivity index (χ3n) is 5.65. The minimum Gasteiger partial charge on any atom is -0.338 e. The molecular weight excluding hydrogens is 338 g/mol. The van der Waals surface area contributed by atoms with Gasteiger partial charge in [0.1, 0.15) is 5.01 Å². The van der Waals surface area contributed by atoms with Crippen LogP contribution >= 0.6 is 22.7 Å². The van der Waals surface area contributed by atoms with Crippen LogP contribution < -0.4 is 0 Å². The number of piperidine rings is 1. The van der Waals surface area contributed by atoms with Crippen LogP contribution in [0.25, 0.3) is 0 Å². The Morgan fingerprint density at radius 3 is 2.79 bits per heavy atom. The molecule has 1 amide bonds. The largest absolute Gasteiger partial charge is 0.338 e. The lowest BCUT2D eigenvalue weighted by molar-refractivity contribution is 0.0662. The first-order chi connectivity index (χ1) is 11.6. The highest BCUT2D eigenvalue weighted by molar-refractivity contribution is 7.12. The van der Waals surface area contributed by atoms with E-state index in [0.717, 1.165) is 42.9 Å². The van der Waals surface area contributed by atoms with E-state index in [-0.39, 0.29) is 5.91 Å². The van der Waals surface area contributed by atoms with Crippen LogP contribution in [0.15, 0.2) is 23.0 Å². The van der Waals surface area contributed by atoms with Crippen molar-refractivity contribution in [3.05, 3.63) is 38.5 Å². The van der Waals surface area contributed by atoms with Gasteiger partial charge in [0.15, 0.2) is 0 Å². The van der Waals surface area contributed by atoms with Gasteiger partial charge >= 0.3 is 0 Å². The zero-order valence-corrected chi connectivity index (χ0v) is 15.8. The van der Waals surface area contributed by atoms with Gasteiger partial charge in [0, 0.05) is 30.7 Å². The van der Waals surface area contributed by atoms with Crippen LogP contribution in [0, 0.1) is 12.3 Å². The number of carbonyl (C=O) groups is 1. The van der Waals surface area contributed by atoms with E-state index in [1.807, 2.05) is 29.9 Å². The quantitative estimate of drug-likeness (QED) is 0.834. The summed E-state index contributed by atoms with van der Waals surface area (Å²) in [4.78, 5) is 22.5. The van der Waals surface area contributed by atoms with Crippen LogP contribution in [0.1, 0.15) is 39.5 Å². The lowest BCUT2D eigenvalue weighted by Gasteiger charge is -2.34. The van der Waals surface area contributed by atoms with Crippen LogP contribution in [0.4, 0.5) is 0 Å². The fourth-order valence-corrected chi connectivity index (χ4v) is 5.60. The molecule has 1 aliphatic heterocycles. The zero-order chi connectivity index (χ0) is 16.7. The number of nitrogens with zero attached hydrogens (tertiary/aromatic N) is 3. The Morgan fingerprint density at radius 2 is 2.17 bits per heavy atom. The number of hydrogen-bond donors (Lipinski definition) is 0. The van der Waals surface area contributed by atoms with Gasteiger partial charge < -0.3 is 4.90 Å². The van der Waals surface area contributed by atoms with Gasteiger partial charge in [-0.05, 0) is 55.7 Å². The summed E-state index contributed by atoms with van der Waals surface area (Å²) in [5.41, 5.74) is 1.55. The van der Waals surface area contributed by atoms with Crippen molar-refractivity contribution in [3.8, 4) is 0 Å². The van der Waals surface area contributed by atoms with E-state index in [1.165, 1.54) is 11.4 Å². The monoisotopic (exact) mass is 361 g/mol. The van der Waals surface area contributed by atoms with E-state index in [2.05, 4.69) is 21.8 Å². The lowest BCUT2D eigenvalue weighted by atomic mass is 9.92. The van der Waals surface area contributed by atoms with Gasteiger partial charge in [-0.25, -0.2) is 4.98 Å². The van der Waals surface area contributed by atoms with Crippen molar-refractivity contribution >= 4 is 28.6 Å². The van der Waals surface area contributed by atoms with Crippen molar-refractivity contribution < 1.29 is 4.79 Å². The van der Waals surface area contributed by atoms with Crippen LogP contribution in [0.3, 0.4) is 0 Å². The smallest absolute Gasteiger partial charge is 0.264 e. The molecular formula is C18H23N3OS2. The molecule has 4 nitrogen and oxygen atoms in total. The molecule has 1 atom stereocenters. The summed E-state index contributed by atoms with van der Waals surface area (Å²) in [5.74, 6) is 0.227. The predicted molar refractivity (Wildman–Crippen MR) is 98.6 cm³/mol. The second kappa shape index (κ2) is 6.24. The van der Waals surface area contributed by atoms with Gasteiger partial charge in [-0.2, -0.15) is 0 Å². The van der Waals surface area contributed by atoms with Crippen molar-refractivity contribution in [2.45, 2.75) is 38.8 Å². The van der Waals surface area contributed by atoms with Crippen molar-refractivity contribution in [3.63, 3.8) is 0 Å². The van der Waals surface area contributed by atoms with Gasteiger partial charge in [-0.3, -0.25) is 9.69 Å². The summed E-state index contributed by atoms with van der Waals surface area (Å²) < 4.78 is 0. The Kier molecular flexibility index (Phi) is 4.22. The van der Waals surface area contributed by atoms with Gasteiger partial charge in [-0.1, -0.05) is 0 Å². The Hall–Kier alpha value is -1.24. The van der Waals surface area contributed by atoms with Crippen molar-refractivity contribution in [2.75, 3.05) is 20.1 Å². The number of aryl methyl sites for hydroxylation is 1. The Bertz CT molecular complexity index is 716. The summed E-state index contributed by atoms with van der Waals surface area (Å²) >= 11 is 3.30. The molecule has 6 heteroatoms. The van der Waals surface area contributed by atoms with E-state index in [1.54, 1.807) is 22.7 Å². The van der Waals surface area contributed by atoms with Gasteiger partial charge in [0.2, 0.25) is 0 Å². The Labute approximate surface area is 151 Å². The molecule has 2 fully saturated rings. The first-order valence-corrected chi connectivity index (χ1v) is 10.3. The molecule has 2 aromatic rings. The molecule has 0 N–H and O–H groups in total. The minimum absolute atomic E-state index is 0.227. The molecule has 2 aromatic heterocycles. The number of thiazole rings is 1. The third kappa shape index (κ3) is 2.91. The molecule has 0 radical (unpaired) electrons. The molecule has 3 heterocycles. The molecule has 1 saturated heterocycles. The zero-order valence-electron chi connectivity index (χ0n) is 14.2. The van der Waals surface area contributed by atoms with Crippen molar-refractivity contribution in [1.29, 1.82) is 0 Å². The summed E-state index contributed by atoms with van der Waals surface area (Å²) in [5, 5.41) is 5.25. The van der Waals surface area contributed by atoms with E-state index >= 15 is 0 Å². The van der Waals surface area contributed by atoms with Crippen LogP contribution in [-0.4, -0.2) is 46.9 Å². The van der Waals surface area contributed by atoms with Crippen LogP contribution in [0.2, 0.25) is 0 Å². The lowest BCUT2D eigenvalue weighted by Crippen LogP contribution is -2.41. The molecule has 24 heavy (non-hydrogen) atoms. The first kappa shape index (κ1) is 16.2. The van der Waals surface area contributed by atoms with E-state index in [4.69, 9.17) is 0 Å². The van der Waals surface area contributed by atoms with E-state index < -0.39 is 0 Å². The topological polar surface area (TPSA) is 36.4 Å². The number of amides is 1. The maximum atomic E-state index is 12.7. The average Bonchev–Trinajstić information content (AvgIpc) is 2.94. The molecule has 0 aromatic carbocycles. The fraction of sp³-hybridized carbons (Fsp3) is 0.556. The highest BCUT2D eigenvalue weighted by atomic mass is 32.1. The molecule has 0 unspecified atom stereocenters. The fourth-order valence-electron chi connectivity index (χ4n) is 4.03. The maximum Gasteiger partial charge on any atom is 0.264 e. The number of carbonyl (C=O) groups excluding carboxylic acids is 1. The molecule has 1 saturated carbocycles. The van der Waals surface area contributed by atoms with Crippen molar-refractivity contribution in [1.82, 2.24) is 14.8 Å². The van der Waals surface area contributed by atoms with Gasteiger partial charge in [0.05, 0.1) is 11.4 Å². The Morgan fingerprint density at radius 1 is 1.38 bits per heavy atom. The predicted octanol–water partition coefficient (Wildman–Crippen LogP) is 3.64. The second-order valence-electron chi connectivity index (χ2n) is 7.15. The molecule has 1 spiro atoms. The van der Waals surface area contributed by atoms with Gasteiger partial charge in [0.25, 0.3) is 5.91 Å². The number of likely N-dealkylation sites (tertiary alicyclic amines) is 1. The highest BCUT2D eigenvalue weighted by Gasteiger charge is 2.56. The van der Waals surface area contributed by atoms with E-state index in [0.29, 0.717) is 11.5 Å². The Balaban J connectivity index is 1.34. The summed E-state index contributed by atoms with van der Waals surface area (Å²) in [6.45, 7) is 4.77. The average molecular weight is 362 g/mol. The molecule has 1 aliphatic carbocycles. The van der Waals surface area contributed by atoms with E-state index in [9.17, 15) is 4.79 Å². The van der Waals surface area contributed by atoms with Crippen molar-refractivity contribution in [2.24, 2.45) is 5.41 Å². The van der Waals surface area contributed by atoms with Crippen LogP contribution in [0.5, 0.6) is 0 Å². The third-order valence-corrected chi connectivity index (χ3v) is 7.42. The molecule has 4 rings (SSSR count). The van der Waals surface area contributed by atoms with Crippen LogP contribution in [-0.2, 0) is 6.54 Å². The SMILES string of the molecule is Cc1ccsc1C(=O)N1CCC2(CC1)C[C@H]2N(C)Cc1nccs1. The summed E-state index contributed by atoms with van der Waals surface area (Å²) in [7, 11) is 2.22. The number of thiophene rings is 1. The number of hydrogen-bond acceptors (Lipinski definition) is 5. The summed E-state index contributed by atoms with van der Waals surface area (Å²) in [6.07, 6.45) is 5.42. The first-order valence-electron chi connectivity index (χ1n) is 8.51. The minimum atomic E-state index is 0.227. The molecule has 2 aliphatic rings. The highest BCUT2D eigenvalue weighted by Crippen LogP contribution is 2.56. The standard InChI is InChI=1S/C18H23N3OS2/c1-13-3-9-24-16(13)17(22)21-7-4-18(5-8-21)11-14(18)20(2)12-15-19-6-10-23-15/h3,6,9-10,14H,4-5,7-8,11-12H2,1-2H3/t14-/m1/s1.